The fourth-order valence-electron chi connectivity index (χ4n) is 3.75. The van der Waals surface area contributed by atoms with E-state index in [4.69, 9.17) is 25.6 Å². The van der Waals surface area contributed by atoms with Crippen LogP contribution in [0.25, 0.3) is 21.3 Å². The minimum Gasteiger partial charge on any atom is -0.472 e. The summed E-state index contributed by atoms with van der Waals surface area (Å²) in [7, 11) is 0. The minimum atomic E-state index is -0.576. The van der Waals surface area contributed by atoms with Crippen LogP contribution in [0, 0.1) is 0 Å². The molecule has 1 saturated heterocycles. The minimum absolute atomic E-state index is 0.293. The monoisotopic (exact) mass is 457 g/mol. The van der Waals surface area contributed by atoms with Gasteiger partial charge in [-0.3, -0.25) is 4.79 Å². The van der Waals surface area contributed by atoms with Crippen molar-refractivity contribution in [2.24, 2.45) is 5.73 Å². The first-order valence-electron chi connectivity index (χ1n) is 10.4. The van der Waals surface area contributed by atoms with Crippen LogP contribution in [0.5, 0.6) is 0 Å². The Morgan fingerprint density at radius 1 is 1.22 bits per heavy atom. The summed E-state index contributed by atoms with van der Waals surface area (Å²) in [5, 5.41) is 0.694. The molecule has 0 aliphatic carbocycles. The summed E-state index contributed by atoms with van der Waals surface area (Å²) in [6.45, 7) is 8.04. The number of amides is 2. The summed E-state index contributed by atoms with van der Waals surface area (Å²) in [5.74, 6) is 0.171. The van der Waals surface area contributed by atoms with Crippen LogP contribution in [-0.2, 0) is 4.74 Å². The van der Waals surface area contributed by atoms with Crippen LogP contribution in [0.2, 0.25) is 0 Å². The molecule has 0 unspecified atom stereocenters. The summed E-state index contributed by atoms with van der Waals surface area (Å²) in [6.07, 6.45) is 3.69. The number of hydrogen-bond donors (Lipinski definition) is 2. The predicted octanol–water partition coefficient (Wildman–Crippen LogP) is 3.68. The molecule has 0 radical (unpaired) electrons. The molecule has 9 nitrogen and oxygen atoms in total. The Kier molecular flexibility index (Phi) is 5.72. The molecular weight excluding hydrogens is 430 g/mol. The number of pyridine rings is 1. The van der Waals surface area contributed by atoms with E-state index in [0.717, 1.165) is 29.9 Å². The number of carbonyl (C=O) groups excluding carboxylic acids is 2. The van der Waals surface area contributed by atoms with E-state index in [1.54, 1.807) is 17.4 Å². The molecule has 170 valence electrons. The first-order chi connectivity index (χ1) is 15.1. The first kappa shape index (κ1) is 21.9. The van der Waals surface area contributed by atoms with Gasteiger partial charge in [-0.2, -0.15) is 0 Å². The number of anilines is 2. The molecule has 0 spiro atoms. The predicted molar refractivity (Wildman–Crippen MR) is 125 cm³/mol. The Bertz CT molecular complexity index is 1150. The third kappa shape index (κ3) is 4.36. The van der Waals surface area contributed by atoms with Gasteiger partial charge in [-0.15, -0.1) is 11.3 Å². The molecule has 1 fully saturated rings. The van der Waals surface area contributed by atoms with Gasteiger partial charge in [0.25, 0.3) is 5.91 Å². The second kappa shape index (κ2) is 8.34. The summed E-state index contributed by atoms with van der Waals surface area (Å²) in [5.41, 5.74) is 13.3. The number of fused-ring (bicyclic) bond motifs is 1. The van der Waals surface area contributed by atoms with Crippen molar-refractivity contribution in [1.29, 1.82) is 0 Å². The largest absolute Gasteiger partial charge is 0.472 e. The number of primary amides is 1. The van der Waals surface area contributed by atoms with Crippen molar-refractivity contribution >= 4 is 45.1 Å². The van der Waals surface area contributed by atoms with Gasteiger partial charge in [0.05, 0.1) is 18.2 Å². The molecule has 4 rings (SSSR count). The standard InChI is InChI=1S/C22H27N5O4S/c1-22(2,3)31-21(29)27-7-4-6-26(8-9-27)15-11-14(13-5-10-30-12-13)16-17(23)18(19(24)28)32-20(16)25-15/h5,10-12H,4,6-9,23H2,1-3H3,(H2,24,28). The molecule has 0 aromatic carbocycles. The van der Waals surface area contributed by atoms with Gasteiger partial charge in [-0.1, -0.05) is 0 Å². The number of aromatic nitrogens is 1. The quantitative estimate of drug-likeness (QED) is 0.614. The third-order valence-electron chi connectivity index (χ3n) is 5.21. The highest BCUT2D eigenvalue weighted by atomic mass is 32.1. The summed E-state index contributed by atoms with van der Waals surface area (Å²) >= 11 is 1.19. The molecule has 4 heterocycles. The molecular formula is C22H27N5O4S. The maximum Gasteiger partial charge on any atom is 0.410 e. The van der Waals surface area contributed by atoms with E-state index in [0.29, 0.717) is 40.4 Å². The van der Waals surface area contributed by atoms with Gasteiger partial charge in [0.1, 0.15) is 21.1 Å². The third-order valence-corrected chi connectivity index (χ3v) is 6.33. The average Bonchev–Trinajstić information content (AvgIpc) is 3.28. The first-order valence-corrected chi connectivity index (χ1v) is 11.2. The van der Waals surface area contributed by atoms with Crippen molar-refractivity contribution < 1.29 is 18.7 Å². The van der Waals surface area contributed by atoms with E-state index < -0.39 is 11.5 Å². The molecule has 3 aromatic heterocycles. The Labute approximate surface area is 189 Å². The lowest BCUT2D eigenvalue weighted by atomic mass is 10.0. The number of furan rings is 1. The highest BCUT2D eigenvalue weighted by Gasteiger charge is 2.26. The molecule has 1 aliphatic rings. The van der Waals surface area contributed by atoms with Crippen molar-refractivity contribution in [2.75, 3.05) is 36.8 Å². The van der Waals surface area contributed by atoms with Crippen molar-refractivity contribution in [3.8, 4) is 11.1 Å². The van der Waals surface area contributed by atoms with E-state index in [1.165, 1.54) is 11.3 Å². The van der Waals surface area contributed by atoms with E-state index >= 15 is 0 Å². The maximum atomic E-state index is 12.5. The number of nitrogens with two attached hydrogens (primary N) is 2. The lowest BCUT2D eigenvalue weighted by Gasteiger charge is -2.26. The van der Waals surface area contributed by atoms with Crippen LogP contribution in [0.3, 0.4) is 0 Å². The number of nitrogen functional groups attached to an aromatic ring is 1. The summed E-state index contributed by atoms with van der Waals surface area (Å²) < 4.78 is 10.8. The number of carbonyl (C=O) groups is 2. The van der Waals surface area contributed by atoms with Crippen molar-refractivity contribution in [3.63, 3.8) is 0 Å². The van der Waals surface area contributed by atoms with Crippen molar-refractivity contribution in [3.05, 3.63) is 29.5 Å². The van der Waals surface area contributed by atoms with Crippen LogP contribution >= 0.6 is 11.3 Å². The fourth-order valence-corrected chi connectivity index (χ4v) is 4.72. The van der Waals surface area contributed by atoms with Gasteiger partial charge >= 0.3 is 6.09 Å². The molecule has 0 atom stereocenters. The highest BCUT2D eigenvalue weighted by Crippen LogP contribution is 2.41. The normalized spacial score (nSPS) is 15.1. The lowest BCUT2D eigenvalue weighted by molar-refractivity contribution is 0.0263. The number of hydrogen-bond acceptors (Lipinski definition) is 8. The van der Waals surface area contributed by atoms with Crippen molar-refractivity contribution in [2.45, 2.75) is 32.8 Å². The smallest absolute Gasteiger partial charge is 0.410 e. The zero-order chi connectivity index (χ0) is 23.0. The molecule has 1 aliphatic heterocycles. The summed E-state index contributed by atoms with van der Waals surface area (Å²) in [6, 6.07) is 3.79. The lowest BCUT2D eigenvalue weighted by Crippen LogP contribution is -2.39. The number of nitrogens with zero attached hydrogens (tertiary/aromatic N) is 3. The molecule has 32 heavy (non-hydrogen) atoms. The Morgan fingerprint density at radius 3 is 2.66 bits per heavy atom. The van der Waals surface area contributed by atoms with Gasteiger partial charge in [0, 0.05) is 42.7 Å². The SMILES string of the molecule is CC(C)(C)OC(=O)N1CCCN(c2cc(-c3ccoc3)c3c(N)c(C(N)=O)sc3n2)CC1. The van der Waals surface area contributed by atoms with Gasteiger partial charge < -0.3 is 30.4 Å². The van der Waals surface area contributed by atoms with Gasteiger partial charge in [0.15, 0.2) is 0 Å². The van der Waals surface area contributed by atoms with Crippen molar-refractivity contribution in [1.82, 2.24) is 9.88 Å². The van der Waals surface area contributed by atoms with Gasteiger partial charge in [-0.05, 0) is 39.3 Å². The van der Waals surface area contributed by atoms with E-state index in [-0.39, 0.29) is 6.09 Å². The Hall–Kier alpha value is -3.27. The number of ether oxygens (including phenoxy) is 1. The van der Waals surface area contributed by atoms with E-state index in [1.807, 2.05) is 32.9 Å². The van der Waals surface area contributed by atoms with Crippen LogP contribution in [0.1, 0.15) is 36.9 Å². The second-order valence-corrected chi connectivity index (χ2v) is 9.74. The molecule has 10 heteroatoms. The molecule has 0 bridgehead atoms. The fraction of sp³-hybridized carbons (Fsp3) is 0.409. The Balaban J connectivity index is 1.67. The van der Waals surface area contributed by atoms with Crippen LogP contribution in [0.15, 0.2) is 29.1 Å². The Morgan fingerprint density at radius 2 is 2.00 bits per heavy atom. The highest BCUT2D eigenvalue weighted by molar-refractivity contribution is 7.21. The maximum absolute atomic E-state index is 12.5. The van der Waals surface area contributed by atoms with E-state index in [9.17, 15) is 9.59 Å². The van der Waals surface area contributed by atoms with Gasteiger partial charge in [0.2, 0.25) is 0 Å². The van der Waals surface area contributed by atoms with Crippen LogP contribution in [-0.4, -0.2) is 53.7 Å². The van der Waals surface area contributed by atoms with Crippen LogP contribution in [0.4, 0.5) is 16.3 Å². The molecule has 2 amide bonds. The molecule has 3 aromatic rings. The van der Waals surface area contributed by atoms with Gasteiger partial charge in [-0.25, -0.2) is 9.78 Å². The molecule has 4 N–H and O–H groups in total. The summed E-state index contributed by atoms with van der Waals surface area (Å²) in [4.78, 5) is 34.0. The zero-order valence-electron chi connectivity index (χ0n) is 18.4. The number of thiophene rings is 1. The zero-order valence-corrected chi connectivity index (χ0v) is 19.2. The van der Waals surface area contributed by atoms with Crippen LogP contribution < -0.4 is 16.4 Å². The topological polar surface area (TPSA) is 128 Å². The molecule has 0 saturated carbocycles. The second-order valence-electron chi connectivity index (χ2n) is 8.74. The van der Waals surface area contributed by atoms with E-state index in [2.05, 4.69) is 4.90 Å². The average molecular weight is 458 g/mol. The number of rotatable bonds is 3.